The summed E-state index contributed by atoms with van der Waals surface area (Å²) in [5.41, 5.74) is 8.28. The highest BCUT2D eigenvalue weighted by atomic mass is 35.5. The first kappa shape index (κ1) is 17.3. The van der Waals surface area contributed by atoms with Gasteiger partial charge in [0.05, 0.1) is 12.8 Å². The molecule has 0 atom stereocenters. The zero-order valence-corrected chi connectivity index (χ0v) is 14.9. The van der Waals surface area contributed by atoms with Crippen LogP contribution in [0.25, 0.3) is 11.3 Å². The fourth-order valence-electron chi connectivity index (χ4n) is 2.28. The lowest BCUT2D eigenvalue weighted by Crippen LogP contribution is -2.06. The fraction of sp³-hybridized carbons (Fsp3) is 0.111. The van der Waals surface area contributed by atoms with Gasteiger partial charge in [-0.2, -0.15) is 0 Å². The Morgan fingerprint density at radius 2 is 2.08 bits per heavy atom. The lowest BCUT2D eigenvalue weighted by molar-refractivity contribution is 0.0595. The number of rotatable bonds is 5. The SMILES string of the molecule is COC(=O)c1cc(-c2csc(N)n2)ccc1OCc1ccccc1Cl. The third-order valence-corrected chi connectivity index (χ3v) is 4.59. The lowest BCUT2D eigenvalue weighted by Gasteiger charge is -2.12. The van der Waals surface area contributed by atoms with E-state index in [2.05, 4.69) is 4.98 Å². The first-order valence-electron chi connectivity index (χ1n) is 7.38. The van der Waals surface area contributed by atoms with Crippen LogP contribution < -0.4 is 10.5 Å². The molecule has 0 saturated heterocycles. The zero-order valence-electron chi connectivity index (χ0n) is 13.4. The topological polar surface area (TPSA) is 74.4 Å². The van der Waals surface area contributed by atoms with Gasteiger partial charge in [0.15, 0.2) is 5.13 Å². The van der Waals surface area contributed by atoms with Gasteiger partial charge in [-0.05, 0) is 24.3 Å². The van der Waals surface area contributed by atoms with Gasteiger partial charge in [0, 0.05) is 21.5 Å². The highest BCUT2D eigenvalue weighted by Gasteiger charge is 2.16. The summed E-state index contributed by atoms with van der Waals surface area (Å²) in [7, 11) is 1.33. The zero-order chi connectivity index (χ0) is 17.8. The molecule has 0 unspecified atom stereocenters. The number of nitrogens with two attached hydrogens (primary N) is 1. The van der Waals surface area contributed by atoms with Crippen LogP contribution >= 0.6 is 22.9 Å². The Balaban J connectivity index is 1.90. The van der Waals surface area contributed by atoms with Crippen molar-refractivity contribution in [2.45, 2.75) is 6.61 Å². The molecule has 0 saturated carbocycles. The number of hydrogen-bond acceptors (Lipinski definition) is 6. The van der Waals surface area contributed by atoms with Gasteiger partial charge in [0.1, 0.15) is 17.9 Å². The first-order valence-corrected chi connectivity index (χ1v) is 8.64. The van der Waals surface area contributed by atoms with Crippen LogP contribution in [0.15, 0.2) is 47.8 Å². The molecule has 0 fully saturated rings. The van der Waals surface area contributed by atoms with E-state index < -0.39 is 5.97 Å². The van der Waals surface area contributed by atoms with Crippen LogP contribution in [-0.4, -0.2) is 18.1 Å². The minimum Gasteiger partial charge on any atom is -0.488 e. The van der Waals surface area contributed by atoms with Gasteiger partial charge in [-0.3, -0.25) is 0 Å². The molecule has 0 aliphatic heterocycles. The van der Waals surface area contributed by atoms with Crippen molar-refractivity contribution in [3.8, 4) is 17.0 Å². The maximum absolute atomic E-state index is 12.1. The van der Waals surface area contributed by atoms with E-state index in [1.807, 2.05) is 29.6 Å². The molecule has 2 N–H and O–H groups in total. The minimum atomic E-state index is -0.487. The second kappa shape index (κ2) is 7.55. The van der Waals surface area contributed by atoms with Gasteiger partial charge >= 0.3 is 5.97 Å². The van der Waals surface area contributed by atoms with Gasteiger partial charge < -0.3 is 15.2 Å². The number of nitrogens with zero attached hydrogens (tertiary/aromatic N) is 1. The number of nitrogen functional groups attached to an aromatic ring is 1. The number of carbonyl (C=O) groups excluding carboxylic acids is 1. The molecule has 0 aliphatic rings. The number of ether oxygens (including phenoxy) is 2. The number of anilines is 1. The molecule has 25 heavy (non-hydrogen) atoms. The molecule has 0 amide bonds. The molecule has 0 bridgehead atoms. The van der Waals surface area contributed by atoms with Crippen molar-refractivity contribution in [2.24, 2.45) is 0 Å². The van der Waals surface area contributed by atoms with Crippen LogP contribution in [0.2, 0.25) is 5.02 Å². The van der Waals surface area contributed by atoms with Crippen LogP contribution in [0.3, 0.4) is 0 Å². The molecular weight excluding hydrogens is 360 g/mol. The number of hydrogen-bond donors (Lipinski definition) is 1. The van der Waals surface area contributed by atoms with Crippen LogP contribution in [-0.2, 0) is 11.3 Å². The molecule has 3 rings (SSSR count). The summed E-state index contributed by atoms with van der Waals surface area (Å²) in [6.07, 6.45) is 0. The van der Waals surface area contributed by atoms with Gasteiger partial charge in [0.25, 0.3) is 0 Å². The molecule has 128 valence electrons. The molecule has 1 heterocycles. The number of aromatic nitrogens is 1. The van der Waals surface area contributed by atoms with Gasteiger partial charge in [-0.25, -0.2) is 9.78 Å². The number of esters is 1. The van der Waals surface area contributed by atoms with E-state index in [0.717, 1.165) is 11.1 Å². The number of methoxy groups -OCH3 is 1. The van der Waals surface area contributed by atoms with Gasteiger partial charge in [0.2, 0.25) is 0 Å². The molecule has 2 aromatic carbocycles. The fourth-order valence-corrected chi connectivity index (χ4v) is 3.04. The highest BCUT2D eigenvalue weighted by Crippen LogP contribution is 2.30. The summed E-state index contributed by atoms with van der Waals surface area (Å²) < 4.78 is 10.7. The van der Waals surface area contributed by atoms with E-state index in [-0.39, 0.29) is 6.61 Å². The molecule has 0 spiro atoms. The second-order valence-corrected chi connectivity index (χ2v) is 6.45. The monoisotopic (exact) mass is 374 g/mol. The maximum atomic E-state index is 12.1. The molecule has 1 aromatic heterocycles. The van der Waals surface area contributed by atoms with Gasteiger partial charge in [-0.1, -0.05) is 29.8 Å². The van der Waals surface area contributed by atoms with Crippen LogP contribution in [0.5, 0.6) is 5.75 Å². The molecule has 0 aliphatic carbocycles. The third-order valence-electron chi connectivity index (χ3n) is 3.54. The van der Waals surface area contributed by atoms with E-state index in [9.17, 15) is 4.79 Å². The average molecular weight is 375 g/mol. The predicted molar refractivity (Wildman–Crippen MR) is 99.1 cm³/mol. The first-order chi connectivity index (χ1) is 12.1. The Kier molecular flexibility index (Phi) is 5.21. The smallest absolute Gasteiger partial charge is 0.341 e. The lowest BCUT2D eigenvalue weighted by atomic mass is 10.1. The molecular formula is C18H15ClN2O3S. The van der Waals surface area contributed by atoms with Crippen molar-refractivity contribution in [1.29, 1.82) is 0 Å². The Bertz CT molecular complexity index is 911. The highest BCUT2D eigenvalue weighted by molar-refractivity contribution is 7.13. The summed E-state index contributed by atoms with van der Waals surface area (Å²) in [6.45, 7) is 0.243. The van der Waals surface area contributed by atoms with E-state index in [1.54, 1.807) is 18.2 Å². The standard InChI is InChI=1S/C18H15ClN2O3S/c1-23-17(22)13-8-11(15-10-25-18(20)21-15)6-7-16(13)24-9-12-4-2-3-5-14(12)19/h2-8,10H,9H2,1H3,(H2,20,21). The Hall–Kier alpha value is -2.57. The number of carbonyl (C=O) groups is 1. The quantitative estimate of drug-likeness (QED) is 0.669. The average Bonchev–Trinajstić information content (AvgIpc) is 3.06. The molecule has 7 heteroatoms. The maximum Gasteiger partial charge on any atom is 0.341 e. The van der Waals surface area contributed by atoms with Crippen LogP contribution in [0.1, 0.15) is 15.9 Å². The Labute approximate surface area is 154 Å². The Morgan fingerprint density at radius 1 is 1.28 bits per heavy atom. The normalized spacial score (nSPS) is 10.5. The molecule has 5 nitrogen and oxygen atoms in total. The third kappa shape index (κ3) is 3.92. The van der Waals surface area contributed by atoms with Crippen LogP contribution in [0.4, 0.5) is 5.13 Å². The van der Waals surface area contributed by atoms with Crippen molar-refractivity contribution < 1.29 is 14.3 Å². The van der Waals surface area contributed by atoms with E-state index >= 15 is 0 Å². The number of benzene rings is 2. The van der Waals surface area contributed by atoms with Gasteiger partial charge in [-0.15, -0.1) is 11.3 Å². The van der Waals surface area contributed by atoms with Crippen molar-refractivity contribution in [1.82, 2.24) is 4.98 Å². The van der Waals surface area contributed by atoms with Crippen molar-refractivity contribution >= 4 is 34.0 Å². The second-order valence-electron chi connectivity index (χ2n) is 5.15. The summed E-state index contributed by atoms with van der Waals surface area (Å²) in [5, 5.41) is 2.90. The summed E-state index contributed by atoms with van der Waals surface area (Å²) in [5.74, 6) is -0.0714. The van der Waals surface area contributed by atoms with Crippen molar-refractivity contribution in [3.05, 3.63) is 64.0 Å². The van der Waals surface area contributed by atoms with E-state index in [1.165, 1.54) is 18.4 Å². The largest absolute Gasteiger partial charge is 0.488 e. The molecule has 0 radical (unpaired) electrons. The molecule has 3 aromatic rings. The Morgan fingerprint density at radius 3 is 2.76 bits per heavy atom. The summed E-state index contributed by atoms with van der Waals surface area (Å²) in [4.78, 5) is 16.4. The van der Waals surface area contributed by atoms with Crippen molar-refractivity contribution in [3.63, 3.8) is 0 Å². The van der Waals surface area contributed by atoms with Crippen molar-refractivity contribution in [2.75, 3.05) is 12.8 Å². The minimum absolute atomic E-state index is 0.243. The van der Waals surface area contributed by atoms with Crippen LogP contribution in [0, 0.1) is 0 Å². The number of thiazole rings is 1. The summed E-state index contributed by atoms with van der Waals surface area (Å²) >= 11 is 7.47. The number of halogens is 1. The van der Waals surface area contributed by atoms with E-state index in [0.29, 0.717) is 27.2 Å². The predicted octanol–water partition coefficient (Wildman–Crippen LogP) is 4.41. The van der Waals surface area contributed by atoms with E-state index in [4.69, 9.17) is 26.8 Å². The summed E-state index contributed by atoms with van der Waals surface area (Å²) in [6, 6.07) is 12.6.